The van der Waals surface area contributed by atoms with Gasteiger partial charge in [0.2, 0.25) is 17.7 Å². The first kappa shape index (κ1) is 21.1. The second-order valence-corrected chi connectivity index (χ2v) is 8.51. The third-order valence-corrected chi connectivity index (χ3v) is 6.87. The molecule has 8 nitrogen and oxygen atoms in total. The summed E-state index contributed by atoms with van der Waals surface area (Å²) in [5.74, 6) is -2.13. The van der Waals surface area contributed by atoms with Gasteiger partial charge in [0.25, 0.3) is 0 Å². The summed E-state index contributed by atoms with van der Waals surface area (Å²) in [6.07, 6.45) is 1.87. The zero-order valence-corrected chi connectivity index (χ0v) is 17.5. The molecule has 9 heteroatoms. The number of likely N-dealkylation sites (tertiary alicyclic amines) is 1. The van der Waals surface area contributed by atoms with E-state index in [1.165, 1.54) is 4.90 Å². The molecule has 3 aliphatic heterocycles. The Morgan fingerprint density at radius 2 is 2.07 bits per heavy atom. The summed E-state index contributed by atoms with van der Waals surface area (Å²) in [6, 6.07) is 6.05. The van der Waals surface area contributed by atoms with Crippen molar-refractivity contribution in [1.82, 2.24) is 10.2 Å². The number of para-hydroxylation sites is 1. The number of carbonyl (C=O) groups excluding carboxylic acids is 3. The number of rotatable bonds is 7. The minimum absolute atomic E-state index is 0.00648. The van der Waals surface area contributed by atoms with Gasteiger partial charge in [-0.3, -0.25) is 14.4 Å². The first-order valence-corrected chi connectivity index (χ1v) is 10.7. The van der Waals surface area contributed by atoms with Gasteiger partial charge in [0.1, 0.15) is 11.6 Å². The number of nitrogens with one attached hydrogen (secondary N) is 2. The second-order valence-electron chi connectivity index (χ2n) is 8.10. The smallest absolute Gasteiger partial charge is 0.250 e. The largest absolute Gasteiger partial charge is 0.396 e. The van der Waals surface area contributed by atoms with E-state index >= 15 is 0 Å². The molecule has 3 amide bonds. The van der Waals surface area contributed by atoms with Crippen molar-refractivity contribution in [1.29, 1.82) is 0 Å². The molecule has 3 fully saturated rings. The highest BCUT2D eigenvalue weighted by atomic mass is 35.5. The molecule has 3 aliphatic rings. The van der Waals surface area contributed by atoms with Crippen molar-refractivity contribution < 1.29 is 24.2 Å². The Labute approximate surface area is 179 Å². The van der Waals surface area contributed by atoms with Crippen LogP contribution in [-0.2, 0) is 19.1 Å². The number of anilines is 1. The van der Waals surface area contributed by atoms with Crippen LogP contribution in [0.2, 0.25) is 5.02 Å². The van der Waals surface area contributed by atoms with Crippen LogP contribution in [0.5, 0.6) is 0 Å². The van der Waals surface area contributed by atoms with E-state index in [1.54, 1.807) is 31.3 Å². The third kappa shape index (κ3) is 3.18. The van der Waals surface area contributed by atoms with Gasteiger partial charge in [0, 0.05) is 20.2 Å². The van der Waals surface area contributed by atoms with Crippen LogP contribution in [0.15, 0.2) is 24.3 Å². The van der Waals surface area contributed by atoms with Crippen LogP contribution in [0, 0.1) is 11.8 Å². The van der Waals surface area contributed by atoms with E-state index in [0.717, 1.165) is 0 Å². The van der Waals surface area contributed by atoms with E-state index in [0.29, 0.717) is 42.9 Å². The fourth-order valence-corrected chi connectivity index (χ4v) is 5.50. The number of hydrogen-bond acceptors (Lipinski definition) is 5. The highest BCUT2D eigenvalue weighted by Crippen LogP contribution is 2.58. The molecular weight excluding hydrogens is 410 g/mol. The number of hydrogen-bond donors (Lipinski definition) is 3. The maximum absolute atomic E-state index is 13.4. The normalized spacial score (nSPS) is 31.7. The Balaban J connectivity index is 1.68. The molecule has 1 aromatic rings. The van der Waals surface area contributed by atoms with Crippen LogP contribution < -0.4 is 10.6 Å². The Kier molecular flexibility index (Phi) is 5.74. The van der Waals surface area contributed by atoms with Crippen molar-refractivity contribution in [2.45, 2.75) is 43.4 Å². The van der Waals surface area contributed by atoms with Crippen LogP contribution in [-0.4, -0.2) is 65.7 Å². The molecule has 2 unspecified atom stereocenters. The molecule has 0 saturated carbocycles. The Hall–Kier alpha value is -2.16. The van der Waals surface area contributed by atoms with Crippen LogP contribution in [0.1, 0.15) is 25.7 Å². The number of ether oxygens (including phenoxy) is 1. The van der Waals surface area contributed by atoms with Gasteiger partial charge in [-0.1, -0.05) is 23.7 Å². The van der Waals surface area contributed by atoms with Crippen LogP contribution >= 0.6 is 11.6 Å². The third-order valence-electron chi connectivity index (χ3n) is 6.54. The number of nitrogens with zero attached hydrogens (tertiary/aromatic N) is 1. The number of aliphatic hydroxyl groups is 1. The zero-order valence-electron chi connectivity index (χ0n) is 16.8. The van der Waals surface area contributed by atoms with Crippen molar-refractivity contribution >= 4 is 35.0 Å². The van der Waals surface area contributed by atoms with Crippen molar-refractivity contribution in [2.75, 3.05) is 25.5 Å². The van der Waals surface area contributed by atoms with E-state index in [-0.39, 0.29) is 30.4 Å². The Bertz CT molecular complexity index is 865. The predicted molar refractivity (Wildman–Crippen MR) is 110 cm³/mol. The monoisotopic (exact) mass is 435 g/mol. The lowest BCUT2D eigenvalue weighted by atomic mass is 9.70. The molecule has 1 spiro atoms. The lowest BCUT2D eigenvalue weighted by Crippen LogP contribution is -2.53. The van der Waals surface area contributed by atoms with Gasteiger partial charge in [-0.2, -0.15) is 0 Å². The van der Waals surface area contributed by atoms with Gasteiger partial charge >= 0.3 is 0 Å². The Morgan fingerprint density at radius 1 is 1.30 bits per heavy atom. The summed E-state index contributed by atoms with van der Waals surface area (Å²) in [7, 11) is 1.54. The fraction of sp³-hybridized carbons (Fsp3) is 0.571. The lowest BCUT2D eigenvalue weighted by molar-refractivity contribution is -0.140. The highest BCUT2D eigenvalue weighted by Gasteiger charge is 2.74. The SMILES string of the molecule is CNC(=O)[C@@H]1[C@@H]2CCC3(O2)C(C(=O)Nc2ccccc2Cl)N(CCCCO)C(=O)[C@H]13. The summed E-state index contributed by atoms with van der Waals surface area (Å²) in [6.45, 7) is 0.319. The van der Waals surface area contributed by atoms with Crippen molar-refractivity contribution in [2.24, 2.45) is 11.8 Å². The van der Waals surface area contributed by atoms with E-state index in [2.05, 4.69) is 10.6 Å². The van der Waals surface area contributed by atoms with Gasteiger partial charge in [-0.25, -0.2) is 0 Å². The molecule has 0 radical (unpaired) electrons. The number of unbranched alkanes of at least 4 members (excludes halogenated alkanes) is 1. The average molecular weight is 436 g/mol. The number of benzene rings is 1. The summed E-state index contributed by atoms with van der Waals surface area (Å²) < 4.78 is 6.26. The van der Waals surface area contributed by atoms with Crippen LogP contribution in [0.3, 0.4) is 0 Å². The molecule has 4 rings (SSSR count). The fourth-order valence-electron chi connectivity index (χ4n) is 5.32. The van der Waals surface area contributed by atoms with Crippen LogP contribution in [0.25, 0.3) is 0 Å². The van der Waals surface area contributed by atoms with Crippen molar-refractivity contribution in [3.05, 3.63) is 29.3 Å². The highest BCUT2D eigenvalue weighted by molar-refractivity contribution is 6.33. The molecule has 0 aromatic heterocycles. The lowest BCUT2D eigenvalue weighted by Gasteiger charge is -2.33. The standard InChI is InChI=1S/C21H26ClN3O5/c1-23-18(27)15-14-8-9-21(30-14)16(15)20(29)25(10-4-5-11-26)17(21)19(28)24-13-7-3-2-6-12(13)22/h2-3,6-7,14-17,26H,4-5,8-11H2,1H3,(H,23,27)(H,24,28)/t14-,15+,16-,17?,21?/m0/s1. The minimum atomic E-state index is -1.02. The molecule has 3 saturated heterocycles. The first-order chi connectivity index (χ1) is 14.4. The summed E-state index contributed by atoms with van der Waals surface area (Å²) in [5, 5.41) is 15.0. The quantitative estimate of drug-likeness (QED) is 0.557. The molecule has 3 N–H and O–H groups in total. The van der Waals surface area contributed by atoms with Crippen molar-refractivity contribution in [3.8, 4) is 0 Å². The molecule has 5 atom stereocenters. The zero-order chi connectivity index (χ0) is 21.5. The number of halogens is 1. The Morgan fingerprint density at radius 3 is 2.77 bits per heavy atom. The minimum Gasteiger partial charge on any atom is -0.396 e. The van der Waals surface area contributed by atoms with E-state index in [9.17, 15) is 14.4 Å². The number of amides is 3. The van der Waals surface area contributed by atoms with Gasteiger partial charge in [0.15, 0.2) is 0 Å². The second kappa shape index (κ2) is 8.17. The van der Waals surface area contributed by atoms with E-state index < -0.39 is 23.5 Å². The van der Waals surface area contributed by atoms with Crippen molar-refractivity contribution in [3.63, 3.8) is 0 Å². The maximum atomic E-state index is 13.4. The van der Waals surface area contributed by atoms with Gasteiger partial charge in [-0.05, 0) is 37.8 Å². The molecular formula is C21H26ClN3O5. The maximum Gasteiger partial charge on any atom is 0.250 e. The van der Waals surface area contributed by atoms with Gasteiger partial charge in [0.05, 0.1) is 28.6 Å². The van der Waals surface area contributed by atoms with Gasteiger partial charge < -0.3 is 25.4 Å². The summed E-state index contributed by atoms with van der Waals surface area (Å²) in [5.41, 5.74) is -0.564. The van der Waals surface area contributed by atoms with Gasteiger partial charge in [-0.15, -0.1) is 0 Å². The first-order valence-electron chi connectivity index (χ1n) is 10.3. The molecule has 162 valence electrons. The number of fused-ring (bicyclic) bond motifs is 1. The van der Waals surface area contributed by atoms with Crippen LogP contribution in [0.4, 0.5) is 5.69 Å². The number of aliphatic hydroxyl groups excluding tert-OH is 1. The molecule has 0 aliphatic carbocycles. The molecule has 30 heavy (non-hydrogen) atoms. The average Bonchev–Trinajstić information content (AvgIpc) is 3.37. The van der Waals surface area contributed by atoms with E-state index in [1.807, 2.05) is 0 Å². The molecule has 2 bridgehead atoms. The molecule has 3 heterocycles. The summed E-state index contributed by atoms with van der Waals surface area (Å²) >= 11 is 6.21. The predicted octanol–water partition coefficient (Wildman–Crippen LogP) is 1.17. The summed E-state index contributed by atoms with van der Waals surface area (Å²) in [4.78, 5) is 40.9. The topological polar surface area (TPSA) is 108 Å². The molecule has 1 aromatic carbocycles. The van der Waals surface area contributed by atoms with E-state index in [4.69, 9.17) is 21.4 Å². The number of carbonyl (C=O) groups is 3.